The predicted octanol–water partition coefficient (Wildman–Crippen LogP) is 3.39. The summed E-state index contributed by atoms with van der Waals surface area (Å²) in [5.41, 5.74) is 0.763. The van der Waals surface area contributed by atoms with E-state index in [9.17, 15) is 4.79 Å². The molecule has 1 aromatic heterocycles. The summed E-state index contributed by atoms with van der Waals surface area (Å²) in [6.07, 6.45) is 1.98. The number of ether oxygens (including phenoxy) is 2. The Bertz CT molecular complexity index is 578. The highest BCUT2D eigenvalue weighted by Gasteiger charge is 2.22. The minimum Gasteiger partial charge on any atom is -0.493 e. The minimum atomic E-state index is -0.484. The molecule has 5 heteroatoms. The zero-order valence-electron chi connectivity index (χ0n) is 11.3. The van der Waals surface area contributed by atoms with E-state index in [0.29, 0.717) is 23.7 Å². The van der Waals surface area contributed by atoms with E-state index >= 15 is 0 Å². The van der Waals surface area contributed by atoms with Gasteiger partial charge in [0, 0.05) is 6.42 Å². The SMILES string of the molecule is COc1ccc(C(Cc2ccco2)C(=O)Cl)cc1OC. The lowest BCUT2D eigenvalue weighted by atomic mass is 9.95. The number of methoxy groups -OCH3 is 2. The van der Waals surface area contributed by atoms with Crippen LogP contribution in [0, 0.1) is 0 Å². The van der Waals surface area contributed by atoms with Gasteiger partial charge in [0.2, 0.25) is 5.24 Å². The summed E-state index contributed by atoms with van der Waals surface area (Å²) in [4.78, 5) is 11.7. The molecule has 4 nitrogen and oxygen atoms in total. The number of hydrogen-bond acceptors (Lipinski definition) is 4. The lowest BCUT2D eigenvalue weighted by molar-refractivity contribution is -0.113. The Labute approximate surface area is 122 Å². The Hall–Kier alpha value is -1.94. The maximum atomic E-state index is 11.7. The highest BCUT2D eigenvalue weighted by Crippen LogP contribution is 2.32. The zero-order chi connectivity index (χ0) is 14.5. The Morgan fingerprint density at radius 1 is 1.25 bits per heavy atom. The first-order valence-electron chi connectivity index (χ1n) is 6.09. The molecule has 0 saturated carbocycles. The maximum absolute atomic E-state index is 11.7. The Morgan fingerprint density at radius 3 is 2.55 bits per heavy atom. The number of carbonyl (C=O) groups is 1. The number of carbonyl (C=O) groups excluding carboxylic acids is 1. The molecule has 0 saturated heterocycles. The van der Waals surface area contributed by atoms with Crippen LogP contribution >= 0.6 is 11.6 Å². The van der Waals surface area contributed by atoms with Crippen LogP contribution < -0.4 is 9.47 Å². The summed E-state index contributed by atoms with van der Waals surface area (Å²) < 4.78 is 15.7. The molecular weight excluding hydrogens is 280 g/mol. The van der Waals surface area contributed by atoms with Crippen LogP contribution in [-0.2, 0) is 11.2 Å². The molecule has 0 amide bonds. The highest BCUT2D eigenvalue weighted by atomic mass is 35.5. The molecule has 0 aliphatic rings. The van der Waals surface area contributed by atoms with Gasteiger partial charge in [-0.25, -0.2) is 0 Å². The van der Waals surface area contributed by atoms with Gasteiger partial charge < -0.3 is 13.9 Å². The van der Waals surface area contributed by atoms with E-state index in [1.165, 1.54) is 0 Å². The molecule has 0 aliphatic heterocycles. The van der Waals surface area contributed by atoms with Crippen LogP contribution in [0.5, 0.6) is 11.5 Å². The van der Waals surface area contributed by atoms with Gasteiger partial charge in [0.05, 0.1) is 26.4 Å². The first-order chi connectivity index (χ1) is 9.65. The number of furan rings is 1. The van der Waals surface area contributed by atoms with Crippen LogP contribution in [0.15, 0.2) is 41.0 Å². The summed E-state index contributed by atoms with van der Waals surface area (Å²) in [7, 11) is 3.11. The molecule has 0 fully saturated rings. The minimum absolute atomic E-state index is 0.408. The van der Waals surface area contributed by atoms with Gasteiger partial charge in [-0.2, -0.15) is 0 Å². The average molecular weight is 295 g/mol. The van der Waals surface area contributed by atoms with Crippen molar-refractivity contribution in [1.82, 2.24) is 0 Å². The van der Waals surface area contributed by atoms with Crippen molar-refractivity contribution in [2.24, 2.45) is 0 Å². The fourth-order valence-electron chi connectivity index (χ4n) is 2.03. The summed E-state index contributed by atoms with van der Waals surface area (Å²) in [6, 6.07) is 8.90. The van der Waals surface area contributed by atoms with Crippen molar-refractivity contribution in [3.05, 3.63) is 47.9 Å². The van der Waals surface area contributed by atoms with E-state index in [2.05, 4.69) is 0 Å². The Morgan fingerprint density at radius 2 is 2.00 bits per heavy atom. The Kier molecular flexibility index (Phi) is 4.69. The third-order valence-corrected chi connectivity index (χ3v) is 3.33. The van der Waals surface area contributed by atoms with Crippen molar-refractivity contribution in [2.45, 2.75) is 12.3 Å². The molecular formula is C15H15ClO4. The van der Waals surface area contributed by atoms with E-state index in [1.807, 2.05) is 6.07 Å². The molecule has 1 atom stereocenters. The van der Waals surface area contributed by atoms with Gasteiger partial charge in [-0.05, 0) is 41.4 Å². The van der Waals surface area contributed by atoms with Crippen LogP contribution in [0.4, 0.5) is 0 Å². The van der Waals surface area contributed by atoms with Crippen LogP contribution in [0.1, 0.15) is 17.2 Å². The van der Waals surface area contributed by atoms with Crippen molar-refractivity contribution < 1.29 is 18.7 Å². The van der Waals surface area contributed by atoms with E-state index in [4.69, 9.17) is 25.5 Å². The van der Waals surface area contributed by atoms with Crippen molar-refractivity contribution in [3.8, 4) is 11.5 Å². The summed E-state index contributed by atoms with van der Waals surface area (Å²) in [6.45, 7) is 0. The fourth-order valence-corrected chi connectivity index (χ4v) is 2.23. The average Bonchev–Trinajstić information content (AvgIpc) is 2.96. The second-order valence-electron chi connectivity index (χ2n) is 4.25. The van der Waals surface area contributed by atoms with E-state index in [0.717, 1.165) is 5.56 Å². The van der Waals surface area contributed by atoms with Gasteiger partial charge in [0.15, 0.2) is 11.5 Å². The third-order valence-electron chi connectivity index (χ3n) is 3.07. The van der Waals surface area contributed by atoms with Crippen LogP contribution in [-0.4, -0.2) is 19.5 Å². The number of hydrogen-bond donors (Lipinski definition) is 0. The van der Waals surface area contributed by atoms with E-state index in [1.54, 1.807) is 44.7 Å². The third kappa shape index (κ3) is 3.14. The second-order valence-corrected chi connectivity index (χ2v) is 4.63. The summed E-state index contributed by atoms with van der Waals surface area (Å²) in [5, 5.41) is -0.436. The van der Waals surface area contributed by atoms with Gasteiger partial charge in [0.1, 0.15) is 5.76 Å². The normalized spacial score (nSPS) is 11.9. The predicted molar refractivity (Wildman–Crippen MR) is 75.6 cm³/mol. The smallest absolute Gasteiger partial charge is 0.229 e. The zero-order valence-corrected chi connectivity index (χ0v) is 12.0. The molecule has 0 bridgehead atoms. The number of rotatable bonds is 6. The van der Waals surface area contributed by atoms with Crippen LogP contribution in [0.2, 0.25) is 0 Å². The van der Waals surface area contributed by atoms with Crippen molar-refractivity contribution in [2.75, 3.05) is 14.2 Å². The summed E-state index contributed by atoms with van der Waals surface area (Å²) in [5.74, 6) is 1.39. The molecule has 1 heterocycles. The molecule has 0 spiro atoms. The van der Waals surface area contributed by atoms with Crippen LogP contribution in [0.3, 0.4) is 0 Å². The molecule has 1 unspecified atom stereocenters. The fraction of sp³-hybridized carbons (Fsp3) is 0.267. The summed E-state index contributed by atoms with van der Waals surface area (Å²) >= 11 is 5.71. The molecule has 0 aliphatic carbocycles. The first kappa shape index (κ1) is 14.5. The second kappa shape index (κ2) is 6.48. The first-order valence-corrected chi connectivity index (χ1v) is 6.47. The topological polar surface area (TPSA) is 48.7 Å². The van der Waals surface area contributed by atoms with Gasteiger partial charge in [-0.15, -0.1) is 0 Å². The molecule has 2 rings (SSSR count). The van der Waals surface area contributed by atoms with Gasteiger partial charge in [0.25, 0.3) is 0 Å². The monoisotopic (exact) mass is 294 g/mol. The number of halogens is 1. The quantitative estimate of drug-likeness (QED) is 0.766. The van der Waals surface area contributed by atoms with Crippen molar-refractivity contribution >= 4 is 16.8 Å². The lowest BCUT2D eigenvalue weighted by Gasteiger charge is -2.14. The highest BCUT2D eigenvalue weighted by molar-refractivity contribution is 6.64. The van der Waals surface area contributed by atoms with E-state index in [-0.39, 0.29) is 0 Å². The molecule has 106 valence electrons. The van der Waals surface area contributed by atoms with Gasteiger partial charge >= 0.3 is 0 Å². The Balaban J connectivity index is 2.32. The van der Waals surface area contributed by atoms with Gasteiger partial charge in [-0.3, -0.25) is 4.79 Å². The largest absolute Gasteiger partial charge is 0.493 e. The molecule has 2 aromatic rings. The van der Waals surface area contributed by atoms with E-state index < -0.39 is 11.2 Å². The van der Waals surface area contributed by atoms with Crippen molar-refractivity contribution in [1.29, 1.82) is 0 Å². The van der Waals surface area contributed by atoms with Gasteiger partial charge in [-0.1, -0.05) is 6.07 Å². The lowest BCUT2D eigenvalue weighted by Crippen LogP contribution is -2.10. The molecule has 0 N–H and O–H groups in total. The number of benzene rings is 1. The van der Waals surface area contributed by atoms with Crippen molar-refractivity contribution in [3.63, 3.8) is 0 Å². The molecule has 20 heavy (non-hydrogen) atoms. The molecule has 0 radical (unpaired) electrons. The van der Waals surface area contributed by atoms with Crippen LogP contribution in [0.25, 0.3) is 0 Å². The standard InChI is InChI=1S/C15H15ClO4/c1-18-13-6-5-10(8-14(13)19-2)12(15(16)17)9-11-4-3-7-20-11/h3-8,12H,9H2,1-2H3. The maximum Gasteiger partial charge on any atom is 0.229 e. The molecule has 1 aromatic carbocycles.